The Labute approximate surface area is 161 Å². The van der Waals surface area contributed by atoms with Crippen LogP contribution in [0.25, 0.3) is 0 Å². The number of Topliss-reactive ketones (excluding diaryl/α,β-unsaturated/α-hetero) is 1. The van der Waals surface area contributed by atoms with Crippen LogP contribution in [0.4, 0.5) is 5.82 Å². The second-order valence-electron chi connectivity index (χ2n) is 4.92. The average Bonchev–Trinajstić information content (AvgIpc) is 2.54. The van der Waals surface area contributed by atoms with Crippen molar-refractivity contribution in [3.63, 3.8) is 0 Å². The van der Waals surface area contributed by atoms with Gasteiger partial charge in [0.25, 0.3) is 0 Å². The first-order chi connectivity index (χ1) is 10.9. The minimum atomic E-state index is -3.93. The second kappa shape index (κ2) is 7.12. The average molecular weight is 353 g/mol. The minimum Gasteiger partial charge on any atom is -0.860 e. The van der Waals surface area contributed by atoms with E-state index in [1.807, 2.05) is 0 Å². The quantitative estimate of drug-likeness (QED) is 0.334. The zero-order valence-corrected chi connectivity index (χ0v) is 15.9. The molecule has 1 aromatic carbocycles. The van der Waals surface area contributed by atoms with Crippen molar-refractivity contribution in [1.82, 2.24) is 9.29 Å². The number of likely N-dealkylation sites (N-methyl/N-ethyl adjacent to an activating group) is 1. The number of pyridine rings is 1. The number of fused-ring (bicyclic) bond motifs is 1. The van der Waals surface area contributed by atoms with Gasteiger partial charge in [0.15, 0.2) is 11.6 Å². The summed E-state index contributed by atoms with van der Waals surface area (Å²) in [7, 11) is -2.73. The van der Waals surface area contributed by atoms with Gasteiger partial charge in [-0.05, 0) is 30.2 Å². The Morgan fingerprint density at radius 1 is 1.21 bits per heavy atom. The van der Waals surface area contributed by atoms with E-state index in [2.05, 4.69) is 9.98 Å². The van der Waals surface area contributed by atoms with Crippen molar-refractivity contribution in [2.24, 2.45) is 4.99 Å². The SMILES string of the molecule is CN1C(/C([O-])=N/c2ccccn2)C(=O)c2ccccc2S1(=O)=O.[Na+]. The summed E-state index contributed by atoms with van der Waals surface area (Å²) in [4.78, 5) is 20.1. The summed E-state index contributed by atoms with van der Waals surface area (Å²) < 4.78 is 25.7. The van der Waals surface area contributed by atoms with Crippen molar-refractivity contribution in [2.75, 3.05) is 7.05 Å². The molecule has 1 aromatic heterocycles. The predicted octanol–water partition coefficient (Wildman–Crippen LogP) is -2.64. The fraction of sp³-hybridized carbons (Fsp3) is 0.133. The van der Waals surface area contributed by atoms with E-state index in [1.54, 1.807) is 18.2 Å². The summed E-state index contributed by atoms with van der Waals surface area (Å²) in [6.07, 6.45) is 1.45. The van der Waals surface area contributed by atoms with E-state index in [0.717, 1.165) is 4.31 Å². The number of nitrogens with zero attached hydrogens (tertiary/aromatic N) is 3. The summed E-state index contributed by atoms with van der Waals surface area (Å²) in [5.41, 5.74) is 0.000158. The van der Waals surface area contributed by atoms with Gasteiger partial charge < -0.3 is 5.11 Å². The van der Waals surface area contributed by atoms with Gasteiger partial charge in [-0.1, -0.05) is 18.2 Å². The molecule has 0 saturated carbocycles. The molecule has 2 aromatic rings. The fourth-order valence-corrected chi connectivity index (χ4v) is 3.83. The molecule has 1 unspecified atom stereocenters. The monoisotopic (exact) mass is 353 g/mol. The minimum absolute atomic E-state index is 0. The normalized spacial score (nSPS) is 20.1. The number of benzene rings is 1. The van der Waals surface area contributed by atoms with Gasteiger partial charge in [-0.2, -0.15) is 4.31 Å². The summed E-state index contributed by atoms with van der Waals surface area (Å²) in [5, 5.41) is 12.4. The summed E-state index contributed by atoms with van der Waals surface area (Å²) >= 11 is 0. The Bertz CT molecular complexity index is 900. The first kappa shape index (κ1) is 18.8. The van der Waals surface area contributed by atoms with Crippen molar-refractivity contribution < 1.29 is 47.9 Å². The smallest absolute Gasteiger partial charge is 0.860 e. The molecule has 7 nitrogen and oxygen atoms in total. The third kappa shape index (κ3) is 3.15. The Hall–Kier alpha value is -1.58. The first-order valence-electron chi connectivity index (χ1n) is 6.71. The summed E-state index contributed by atoms with van der Waals surface area (Å²) in [6.45, 7) is 0. The molecule has 1 aliphatic heterocycles. The number of hydrogen-bond acceptors (Lipinski definition) is 6. The van der Waals surface area contributed by atoms with E-state index < -0.39 is 27.7 Å². The molecule has 3 rings (SSSR count). The Kier molecular flexibility index (Phi) is 5.56. The molecule has 1 aliphatic rings. The van der Waals surface area contributed by atoms with Gasteiger partial charge in [-0.3, -0.25) is 4.79 Å². The van der Waals surface area contributed by atoms with Crippen molar-refractivity contribution in [3.05, 3.63) is 54.2 Å². The summed E-state index contributed by atoms with van der Waals surface area (Å²) in [5.74, 6) is -1.34. The van der Waals surface area contributed by atoms with Crippen LogP contribution < -0.4 is 34.7 Å². The molecule has 0 fully saturated rings. The van der Waals surface area contributed by atoms with Gasteiger partial charge in [0.05, 0.1) is 4.90 Å². The topological polar surface area (TPSA) is 103 Å². The van der Waals surface area contributed by atoms with Crippen LogP contribution >= 0.6 is 0 Å². The van der Waals surface area contributed by atoms with Crippen LogP contribution in [0.5, 0.6) is 0 Å². The largest absolute Gasteiger partial charge is 1.00 e. The van der Waals surface area contributed by atoms with Crippen LogP contribution in [0.3, 0.4) is 0 Å². The molecule has 2 heterocycles. The van der Waals surface area contributed by atoms with Crippen molar-refractivity contribution >= 4 is 27.5 Å². The Morgan fingerprint density at radius 2 is 1.88 bits per heavy atom. The molecule has 0 amide bonds. The number of aliphatic imine (C=N–C) groups is 1. The van der Waals surface area contributed by atoms with Crippen molar-refractivity contribution in [2.45, 2.75) is 10.9 Å². The van der Waals surface area contributed by atoms with Gasteiger partial charge in [0.1, 0.15) is 6.04 Å². The number of ketones is 1. The number of rotatable bonds is 2. The van der Waals surface area contributed by atoms with Crippen LogP contribution in [-0.2, 0) is 10.0 Å². The third-order valence-electron chi connectivity index (χ3n) is 3.53. The maximum Gasteiger partial charge on any atom is 1.00 e. The molecule has 0 saturated heterocycles. The van der Waals surface area contributed by atoms with Gasteiger partial charge >= 0.3 is 29.6 Å². The predicted molar refractivity (Wildman–Crippen MR) is 80.8 cm³/mol. The Balaban J connectivity index is 0.00000208. The molecule has 1 atom stereocenters. The van der Waals surface area contributed by atoms with E-state index in [9.17, 15) is 18.3 Å². The van der Waals surface area contributed by atoms with Gasteiger partial charge in [0, 0.05) is 18.8 Å². The molecule has 0 N–H and O–H groups in total. The zero-order chi connectivity index (χ0) is 16.6. The molecular weight excluding hydrogens is 341 g/mol. The zero-order valence-electron chi connectivity index (χ0n) is 13.1. The number of sulfonamides is 1. The maximum absolute atomic E-state index is 12.5. The molecule has 9 heteroatoms. The van der Waals surface area contributed by atoms with Crippen LogP contribution in [0, 0.1) is 0 Å². The van der Waals surface area contributed by atoms with E-state index >= 15 is 0 Å². The van der Waals surface area contributed by atoms with Gasteiger partial charge in [0.2, 0.25) is 10.0 Å². The standard InChI is InChI=1S/C15H13N3O4S.Na/c1-18-13(15(20)17-12-8-4-5-9-16-12)14(19)10-6-2-3-7-11(10)23(18,21)22;/h2-9,13H,1H3,(H,16,17,20);/q;+1/p-1. The number of hydrogen-bond donors (Lipinski definition) is 0. The number of carbonyl (C=O) groups excluding carboxylic acids is 1. The molecule has 118 valence electrons. The number of aromatic nitrogens is 1. The molecular formula is C15H12N3NaO4S. The van der Waals surface area contributed by atoms with E-state index in [0.29, 0.717) is 0 Å². The fourth-order valence-electron chi connectivity index (χ4n) is 2.36. The first-order valence-corrected chi connectivity index (χ1v) is 8.15. The second-order valence-corrected chi connectivity index (χ2v) is 6.89. The van der Waals surface area contributed by atoms with Gasteiger partial charge in [-0.15, -0.1) is 0 Å². The Morgan fingerprint density at radius 3 is 2.54 bits per heavy atom. The van der Waals surface area contributed by atoms with Crippen LogP contribution in [0.1, 0.15) is 10.4 Å². The third-order valence-corrected chi connectivity index (χ3v) is 5.41. The van der Waals surface area contributed by atoms with E-state index in [4.69, 9.17) is 0 Å². The molecule has 0 spiro atoms. The van der Waals surface area contributed by atoms with Gasteiger partial charge in [-0.25, -0.2) is 18.4 Å². The molecule has 0 radical (unpaired) electrons. The van der Waals surface area contributed by atoms with Crippen LogP contribution in [0.15, 0.2) is 58.5 Å². The van der Waals surface area contributed by atoms with Crippen molar-refractivity contribution in [3.8, 4) is 0 Å². The van der Waals surface area contributed by atoms with Crippen LogP contribution in [0.2, 0.25) is 0 Å². The van der Waals surface area contributed by atoms with E-state index in [-0.39, 0.29) is 45.8 Å². The number of carbonyl (C=O) groups is 1. The molecule has 0 bridgehead atoms. The van der Waals surface area contributed by atoms with E-state index in [1.165, 1.54) is 37.5 Å². The maximum atomic E-state index is 12.5. The van der Waals surface area contributed by atoms with Crippen molar-refractivity contribution in [1.29, 1.82) is 0 Å². The molecule has 0 aliphatic carbocycles. The summed E-state index contributed by atoms with van der Waals surface area (Å²) in [6, 6.07) is 9.08. The van der Waals surface area contributed by atoms with Crippen LogP contribution in [-0.4, -0.2) is 42.5 Å². The molecule has 24 heavy (non-hydrogen) atoms.